The zero-order chi connectivity index (χ0) is 20.5. The Labute approximate surface area is 174 Å². The Kier molecular flexibility index (Phi) is 8.04. The second-order valence-electron chi connectivity index (χ2n) is 7.70. The number of nitrogens with one attached hydrogen (secondary N) is 2. The number of hydrogen-bond donors (Lipinski definition) is 2. The SMILES string of the molecule is CN=C(NCCOC1CCCCCC1)NCc1ccc(-n2nc(C)cc2C)nc1. The largest absolute Gasteiger partial charge is 0.376 e. The van der Waals surface area contributed by atoms with Crippen molar-refractivity contribution in [3.8, 4) is 5.82 Å². The van der Waals surface area contributed by atoms with Crippen LogP contribution in [0.25, 0.3) is 5.82 Å². The van der Waals surface area contributed by atoms with Crippen LogP contribution < -0.4 is 10.6 Å². The molecule has 0 radical (unpaired) electrons. The Balaban J connectivity index is 1.40. The van der Waals surface area contributed by atoms with Crippen LogP contribution >= 0.6 is 0 Å². The number of ether oxygens (including phenoxy) is 1. The normalized spacial score (nSPS) is 15.9. The van der Waals surface area contributed by atoms with Crippen molar-refractivity contribution in [1.29, 1.82) is 0 Å². The molecule has 7 heteroatoms. The van der Waals surface area contributed by atoms with E-state index in [0.29, 0.717) is 19.3 Å². The highest BCUT2D eigenvalue weighted by Crippen LogP contribution is 2.19. The van der Waals surface area contributed by atoms with E-state index in [4.69, 9.17) is 4.74 Å². The first-order valence-electron chi connectivity index (χ1n) is 10.7. The third-order valence-electron chi connectivity index (χ3n) is 5.27. The van der Waals surface area contributed by atoms with E-state index < -0.39 is 0 Å². The van der Waals surface area contributed by atoms with Gasteiger partial charge in [-0.05, 0) is 44.4 Å². The molecule has 2 heterocycles. The minimum Gasteiger partial charge on any atom is -0.376 e. The molecule has 0 aliphatic heterocycles. The van der Waals surface area contributed by atoms with E-state index in [-0.39, 0.29) is 0 Å². The van der Waals surface area contributed by atoms with E-state index in [2.05, 4.69) is 31.8 Å². The van der Waals surface area contributed by atoms with Gasteiger partial charge in [0.2, 0.25) is 0 Å². The smallest absolute Gasteiger partial charge is 0.191 e. The maximum atomic E-state index is 6.02. The Morgan fingerprint density at radius 3 is 2.59 bits per heavy atom. The van der Waals surface area contributed by atoms with Crippen LogP contribution in [0.5, 0.6) is 0 Å². The van der Waals surface area contributed by atoms with E-state index in [1.165, 1.54) is 38.5 Å². The van der Waals surface area contributed by atoms with Crippen molar-refractivity contribution in [3.63, 3.8) is 0 Å². The molecule has 2 N–H and O–H groups in total. The quantitative estimate of drug-likeness (QED) is 0.324. The molecule has 0 unspecified atom stereocenters. The summed E-state index contributed by atoms with van der Waals surface area (Å²) in [6, 6.07) is 6.10. The molecule has 29 heavy (non-hydrogen) atoms. The minimum atomic E-state index is 0.432. The number of pyridine rings is 1. The maximum Gasteiger partial charge on any atom is 0.191 e. The summed E-state index contributed by atoms with van der Waals surface area (Å²) in [6.07, 6.45) is 10.0. The zero-order valence-corrected chi connectivity index (χ0v) is 17.9. The van der Waals surface area contributed by atoms with Crippen LogP contribution in [0.1, 0.15) is 55.5 Å². The average Bonchev–Trinajstić information content (AvgIpc) is 2.92. The molecule has 158 valence electrons. The molecule has 2 aromatic rings. The van der Waals surface area contributed by atoms with Gasteiger partial charge in [-0.1, -0.05) is 31.7 Å². The molecule has 3 rings (SSSR count). The molecular formula is C22H34N6O. The number of guanidine groups is 1. The van der Waals surface area contributed by atoms with Crippen LogP contribution in [0, 0.1) is 13.8 Å². The van der Waals surface area contributed by atoms with Gasteiger partial charge in [-0.2, -0.15) is 5.10 Å². The maximum absolute atomic E-state index is 6.02. The summed E-state index contributed by atoms with van der Waals surface area (Å²) >= 11 is 0. The van der Waals surface area contributed by atoms with Gasteiger partial charge in [0.25, 0.3) is 0 Å². The number of aliphatic imine (C=N–C) groups is 1. The fraction of sp³-hybridized carbons (Fsp3) is 0.591. The number of aryl methyl sites for hydroxylation is 2. The molecule has 0 atom stereocenters. The lowest BCUT2D eigenvalue weighted by Crippen LogP contribution is -2.39. The fourth-order valence-corrected chi connectivity index (χ4v) is 3.72. The van der Waals surface area contributed by atoms with Crippen LogP contribution in [0.3, 0.4) is 0 Å². The van der Waals surface area contributed by atoms with Crippen LogP contribution in [0.15, 0.2) is 29.4 Å². The van der Waals surface area contributed by atoms with Gasteiger partial charge in [0.15, 0.2) is 11.8 Å². The van der Waals surface area contributed by atoms with E-state index in [9.17, 15) is 0 Å². The lowest BCUT2D eigenvalue weighted by atomic mass is 10.1. The highest BCUT2D eigenvalue weighted by molar-refractivity contribution is 5.79. The Bertz CT molecular complexity index is 775. The molecule has 0 bridgehead atoms. The lowest BCUT2D eigenvalue weighted by Gasteiger charge is -2.17. The second-order valence-corrected chi connectivity index (χ2v) is 7.70. The van der Waals surface area contributed by atoms with Gasteiger partial charge in [-0.3, -0.25) is 4.99 Å². The number of hydrogen-bond acceptors (Lipinski definition) is 4. The lowest BCUT2D eigenvalue weighted by molar-refractivity contribution is 0.0468. The van der Waals surface area contributed by atoms with Crippen molar-refractivity contribution < 1.29 is 4.74 Å². The van der Waals surface area contributed by atoms with Crippen molar-refractivity contribution >= 4 is 5.96 Å². The van der Waals surface area contributed by atoms with Crippen molar-refractivity contribution in [2.45, 2.75) is 65.0 Å². The molecule has 1 aliphatic carbocycles. The van der Waals surface area contributed by atoms with Crippen molar-refractivity contribution in [1.82, 2.24) is 25.4 Å². The first kappa shape index (κ1) is 21.3. The topological polar surface area (TPSA) is 76.4 Å². The third kappa shape index (κ3) is 6.56. The molecule has 0 aromatic carbocycles. The van der Waals surface area contributed by atoms with E-state index in [0.717, 1.165) is 35.3 Å². The Morgan fingerprint density at radius 1 is 1.17 bits per heavy atom. The van der Waals surface area contributed by atoms with E-state index >= 15 is 0 Å². The van der Waals surface area contributed by atoms with Crippen molar-refractivity contribution in [2.24, 2.45) is 4.99 Å². The zero-order valence-electron chi connectivity index (χ0n) is 17.9. The Morgan fingerprint density at radius 2 is 1.97 bits per heavy atom. The van der Waals surface area contributed by atoms with Gasteiger partial charge in [-0.15, -0.1) is 0 Å². The summed E-state index contributed by atoms with van der Waals surface area (Å²) in [6.45, 7) is 6.15. The summed E-state index contributed by atoms with van der Waals surface area (Å²) in [5, 5.41) is 11.1. The fourth-order valence-electron chi connectivity index (χ4n) is 3.72. The molecule has 0 spiro atoms. The second kappa shape index (κ2) is 11.0. The molecular weight excluding hydrogens is 364 g/mol. The predicted molar refractivity (Wildman–Crippen MR) is 116 cm³/mol. The van der Waals surface area contributed by atoms with Crippen LogP contribution in [-0.2, 0) is 11.3 Å². The number of aromatic nitrogens is 3. The summed E-state index contributed by atoms with van der Waals surface area (Å²) in [7, 11) is 1.78. The van der Waals surface area contributed by atoms with E-state index in [1.54, 1.807) is 7.05 Å². The monoisotopic (exact) mass is 398 g/mol. The minimum absolute atomic E-state index is 0.432. The summed E-state index contributed by atoms with van der Waals surface area (Å²) in [5.41, 5.74) is 3.16. The highest BCUT2D eigenvalue weighted by Gasteiger charge is 2.12. The molecule has 0 amide bonds. The van der Waals surface area contributed by atoms with Gasteiger partial charge in [0, 0.05) is 32.0 Å². The summed E-state index contributed by atoms with van der Waals surface area (Å²) in [5.74, 6) is 1.61. The van der Waals surface area contributed by atoms with Gasteiger partial charge < -0.3 is 15.4 Å². The number of rotatable bonds is 7. The highest BCUT2D eigenvalue weighted by atomic mass is 16.5. The van der Waals surface area contributed by atoms with E-state index in [1.807, 2.05) is 36.9 Å². The first-order chi connectivity index (χ1) is 14.2. The standard InChI is InChI=1S/C22H34N6O/c1-17-14-18(2)28(27-17)21-11-10-19(15-25-21)16-26-22(23-3)24-12-13-29-20-8-6-4-5-7-9-20/h10-11,14-15,20H,4-9,12-13,16H2,1-3H3,(H2,23,24,26). The third-order valence-corrected chi connectivity index (χ3v) is 5.27. The summed E-state index contributed by atoms with van der Waals surface area (Å²) in [4.78, 5) is 8.83. The van der Waals surface area contributed by atoms with Crippen LogP contribution in [-0.4, -0.2) is 47.0 Å². The summed E-state index contributed by atoms with van der Waals surface area (Å²) < 4.78 is 7.89. The molecule has 0 saturated heterocycles. The van der Waals surface area contributed by atoms with Gasteiger partial charge in [-0.25, -0.2) is 9.67 Å². The van der Waals surface area contributed by atoms with Crippen molar-refractivity contribution in [2.75, 3.05) is 20.2 Å². The average molecular weight is 399 g/mol. The first-order valence-corrected chi connectivity index (χ1v) is 10.7. The van der Waals surface area contributed by atoms with Gasteiger partial charge in [0.05, 0.1) is 18.4 Å². The van der Waals surface area contributed by atoms with Crippen LogP contribution in [0.4, 0.5) is 0 Å². The van der Waals surface area contributed by atoms with Gasteiger partial charge >= 0.3 is 0 Å². The van der Waals surface area contributed by atoms with Crippen LogP contribution in [0.2, 0.25) is 0 Å². The van der Waals surface area contributed by atoms with Crippen molar-refractivity contribution in [3.05, 3.63) is 41.3 Å². The molecule has 1 aliphatic rings. The molecule has 1 saturated carbocycles. The predicted octanol–water partition coefficient (Wildman–Crippen LogP) is 3.29. The Hall–Kier alpha value is -2.41. The molecule has 7 nitrogen and oxygen atoms in total. The number of nitrogens with zero attached hydrogens (tertiary/aromatic N) is 4. The molecule has 1 fully saturated rings. The van der Waals surface area contributed by atoms with Gasteiger partial charge in [0.1, 0.15) is 0 Å². The molecule has 2 aromatic heterocycles.